The number of ether oxygens (including phenoxy) is 1. The molecule has 0 radical (unpaired) electrons. The number of anilines is 1. The van der Waals surface area contributed by atoms with Gasteiger partial charge in [-0.05, 0) is 57.2 Å². The molecule has 7 heteroatoms. The van der Waals surface area contributed by atoms with Crippen molar-refractivity contribution < 1.29 is 9.53 Å². The number of amides is 1. The van der Waals surface area contributed by atoms with E-state index in [1.165, 1.54) is 0 Å². The molecule has 1 heterocycles. The zero-order valence-corrected chi connectivity index (χ0v) is 22.0. The fourth-order valence-electron chi connectivity index (χ4n) is 4.07. The van der Waals surface area contributed by atoms with Gasteiger partial charge in [-0.2, -0.15) is 0 Å². The van der Waals surface area contributed by atoms with E-state index in [1.807, 2.05) is 90.7 Å². The number of thiazole rings is 1. The molecule has 0 fully saturated rings. The number of benzene rings is 3. The van der Waals surface area contributed by atoms with Crippen molar-refractivity contribution in [3.63, 3.8) is 0 Å². The van der Waals surface area contributed by atoms with Crippen molar-refractivity contribution in [1.82, 2.24) is 9.88 Å². The lowest BCUT2D eigenvalue weighted by atomic mass is 9.90. The normalized spacial score (nSPS) is 11.0. The Morgan fingerprint density at radius 1 is 0.914 bits per heavy atom. The number of nitrogens with zero attached hydrogens (tertiary/aromatic N) is 3. The minimum Gasteiger partial charge on any atom is -0.492 e. The first-order valence-corrected chi connectivity index (χ1v) is 12.5. The Labute approximate surface area is 217 Å². The Hall–Kier alpha value is -2.93. The predicted molar refractivity (Wildman–Crippen MR) is 148 cm³/mol. The summed E-state index contributed by atoms with van der Waals surface area (Å²) in [4.78, 5) is 23.2. The first kappa shape index (κ1) is 26.7. The number of carbonyl (C=O) groups is 1. The Morgan fingerprint density at radius 2 is 1.54 bits per heavy atom. The summed E-state index contributed by atoms with van der Waals surface area (Å²) in [5.41, 5.74) is 2.77. The quantitative estimate of drug-likeness (QED) is 0.254. The van der Waals surface area contributed by atoms with Crippen LogP contribution in [0.3, 0.4) is 0 Å². The highest BCUT2D eigenvalue weighted by molar-refractivity contribution is 7.22. The molecule has 3 aromatic carbocycles. The molecule has 35 heavy (non-hydrogen) atoms. The maximum Gasteiger partial charge on any atom is 0.240 e. The number of aromatic nitrogens is 1. The average molecular weight is 510 g/mol. The molecular formula is C28H32ClN3O2S. The van der Waals surface area contributed by atoms with Gasteiger partial charge in [0.15, 0.2) is 5.13 Å². The Morgan fingerprint density at radius 3 is 2.11 bits per heavy atom. The van der Waals surface area contributed by atoms with Crippen molar-refractivity contribution in [2.24, 2.45) is 0 Å². The van der Waals surface area contributed by atoms with Gasteiger partial charge in [0.05, 0.1) is 17.2 Å². The highest BCUT2D eigenvalue weighted by Gasteiger charge is 2.30. The maximum atomic E-state index is 14.3. The number of hydrogen-bond acceptors (Lipinski definition) is 5. The molecule has 0 aliphatic heterocycles. The molecule has 0 bridgehead atoms. The van der Waals surface area contributed by atoms with Crippen LogP contribution in [0.25, 0.3) is 10.2 Å². The predicted octanol–water partition coefficient (Wildman–Crippen LogP) is 6.23. The summed E-state index contributed by atoms with van der Waals surface area (Å²) >= 11 is 1.54. The Kier molecular flexibility index (Phi) is 9.66. The number of halogens is 1. The molecule has 1 aromatic heterocycles. The summed E-state index contributed by atoms with van der Waals surface area (Å²) in [6.07, 6.45) is 0.850. The van der Waals surface area contributed by atoms with Crippen LogP contribution in [-0.4, -0.2) is 49.6 Å². The fourth-order valence-corrected chi connectivity index (χ4v) is 5.08. The summed E-state index contributed by atoms with van der Waals surface area (Å²) < 4.78 is 6.82. The SMILES string of the molecule is CCOc1cccc2sc(N(CCCN(C)C)C(=O)C(c3ccccc3)c3ccccc3)nc12.Cl. The summed E-state index contributed by atoms with van der Waals surface area (Å²) in [5, 5.41) is 0.711. The van der Waals surface area contributed by atoms with Crippen LogP contribution in [0.15, 0.2) is 78.9 Å². The Balaban J connectivity index is 0.00000342. The molecule has 0 saturated carbocycles. The van der Waals surface area contributed by atoms with Crippen molar-refractivity contribution in [2.75, 3.05) is 38.7 Å². The summed E-state index contributed by atoms with van der Waals surface area (Å²) in [7, 11) is 4.10. The zero-order valence-electron chi connectivity index (χ0n) is 20.4. The largest absolute Gasteiger partial charge is 0.492 e. The molecule has 4 aromatic rings. The average Bonchev–Trinajstić information content (AvgIpc) is 3.28. The number of para-hydroxylation sites is 1. The van der Waals surface area contributed by atoms with E-state index in [4.69, 9.17) is 9.72 Å². The maximum absolute atomic E-state index is 14.3. The zero-order chi connectivity index (χ0) is 23.9. The summed E-state index contributed by atoms with van der Waals surface area (Å²) in [5.74, 6) is 0.388. The minimum atomic E-state index is -0.403. The second kappa shape index (κ2) is 12.7. The molecule has 1 amide bonds. The van der Waals surface area contributed by atoms with Gasteiger partial charge in [0, 0.05) is 6.54 Å². The monoisotopic (exact) mass is 509 g/mol. The van der Waals surface area contributed by atoms with Crippen LogP contribution in [0, 0.1) is 0 Å². The highest BCUT2D eigenvalue weighted by Crippen LogP contribution is 2.36. The second-order valence-corrected chi connectivity index (χ2v) is 9.44. The molecule has 5 nitrogen and oxygen atoms in total. The van der Waals surface area contributed by atoms with Gasteiger partial charge in [-0.3, -0.25) is 9.69 Å². The second-order valence-electron chi connectivity index (χ2n) is 8.43. The van der Waals surface area contributed by atoms with Crippen LogP contribution in [0.2, 0.25) is 0 Å². The van der Waals surface area contributed by atoms with Gasteiger partial charge in [0.2, 0.25) is 5.91 Å². The third kappa shape index (κ3) is 6.40. The van der Waals surface area contributed by atoms with Gasteiger partial charge < -0.3 is 9.64 Å². The first-order chi connectivity index (χ1) is 16.6. The van der Waals surface area contributed by atoms with E-state index in [0.717, 1.165) is 40.1 Å². The van der Waals surface area contributed by atoms with E-state index in [0.29, 0.717) is 18.3 Å². The lowest BCUT2D eigenvalue weighted by Gasteiger charge is -2.26. The van der Waals surface area contributed by atoms with Gasteiger partial charge in [-0.15, -0.1) is 12.4 Å². The number of rotatable bonds is 10. The third-order valence-corrected chi connectivity index (χ3v) is 6.71. The number of hydrogen-bond donors (Lipinski definition) is 0. The molecule has 0 aliphatic rings. The summed E-state index contributed by atoms with van der Waals surface area (Å²) in [6.45, 7) is 4.02. The van der Waals surface area contributed by atoms with E-state index in [2.05, 4.69) is 19.0 Å². The van der Waals surface area contributed by atoms with E-state index in [-0.39, 0.29) is 18.3 Å². The van der Waals surface area contributed by atoms with Gasteiger partial charge >= 0.3 is 0 Å². The van der Waals surface area contributed by atoms with Crippen molar-refractivity contribution >= 4 is 45.0 Å². The van der Waals surface area contributed by atoms with Gasteiger partial charge in [-0.25, -0.2) is 4.98 Å². The van der Waals surface area contributed by atoms with Gasteiger partial charge in [0.1, 0.15) is 11.3 Å². The topological polar surface area (TPSA) is 45.7 Å². The smallest absolute Gasteiger partial charge is 0.240 e. The fraction of sp³-hybridized carbons (Fsp3) is 0.286. The standard InChI is InChI=1S/C28H31N3O2S.ClH/c1-4-33-23-17-11-18-24-26(23)29-28(34-24)31(20-12-19-30(2)3)27(32)25(21-13-7-5-8-14-21)22-15-9-6-10-16-22;/h5-11,13-18,25H,4,12,19-20H2,1-3H3;1H. The van der Waals surface area contributed by atoms with Crippen molar-refractivity contribution in [1.29, 1.82) is 0 Å². The molecule has 4 rings (SSSR count). The van der Waals surface area contributed by atoms with Crippen LogP contribution in [-0.2, 0) is 4.79 Å². The summed E-state index contributed by atoms with van der Waals surface area (Å²) in [6, 6.07) is 26.0. The number of carbonyl (C=O) groups excluding carboxylic acids is 1. The molecular weight excluding hydrogens is 478 g/mol. The minimum absolute atomic E-state index is 0. The molecule has 0 unspecified atom stereocenters. The third-order valence-electron chi connectivity index (χ3n) is 5.67. The first-order valence-electron chi connectivity index (χ1n) is 11.7. The highest BCUT2D eigenvalue weighted by atomic mass is 35.5. The van der Waals surface area contributed by atoms with Gasteiger partial charge in [0.25, 0.3) is 0 Å². The van der Waals surface area contributed by atoms with E-state index < -0.39 is 5.92 Å². The van der Waals surface area contributed by atoms with Crippen LogP contribution >= 0.6 is 23.7 Å². The molecule has 0 spiro atoms. The van der Waals surface area contributed by atoms with E-state index in [9.17, 15) is 4.79 Å². The molecule has 184 valence electrons. The Bertz CT molecular complexity index is 1180. The van der Waals surface area contributed by atoms with Crippen LogP contribution < -0.4 is 9.64 Å². The van der Waals surface area contributed by atoms with E-state index in [1.54, 1.807) is 11.3 Å². The van der Waals surface area contributed by atoms with Gasteiger partial charge in [-0.1, -0.05) is 78.1 Å². The van der Waals surface area contributed by atoms with E-state index >= 15 is 0 Å². The number of fused-ring (bicyclic) bond motifs is 1. The van der Waals surface area contributed by atoms with Crippen LogP contribution in [0.4, 0.5) is 5.13 Å². The lowest BCUT2D eigenvalue weighted by Crippen LogP contribution is -2.37. The van der Waals surface area contributed by atoms with Crippen molar-refractivity contribution in [3.05, 3.63) is 90.0 Å². The van der Waals surface area contributed by atoms with Crippen molar-refractivity contribution in [2.45, 2.75) is 19.3 Å². The van der Waals surface area contributed by atoms with Crippen LogP contribution in [0.5, 0.6) is 5.75 Å². The molecule has 0 aliphatic carbocycles. The van der Waals surface area contributed by atoms with Crippen molar-refractivity contribution in [3.8, 4) is 5.75 Å². The molecule has 0 atom stereocenters. The molecule has 0 N–H and O–H groups in total. The molecule has 0 saturated heterocycles. The lowest BCUT2D eigenvalue weighted by molar-refractivity contribution is -0.119. The van der Waals surface area contributed by atoms with Crippen LogP contribution in [0.1, 0.15) is 30.4 Å².